The Kier molecular flexibility index (Phi) is 6.34. The fourth-order valence-electron chi connectivity index (χ4n) is 3.11. The molecule has 1 aliphatic rings. The number of nitrogens with one attached hydrogen (secondary N) is 1. The SMILES string of the molecule is CC(C)Oc1cc(C(=O)Nc2ccn(C)n2)cc(Oc2ccc(S(=O)(=O)N3CCC3)cc2)n1. The van der Waals surface area contributed by atoms with E-state index in [1.54, 1.807) is 36.1 Å². The number of hydrogen-bond donors (Lipinski definition) is 1. The van der Waals surface area contributed by atoms with E-state index in [0.29, 0.717) is 24.7 Å². The van der Waals surface area contributed by atoms with Crippen molar-refractivity contribution in [3.8, 4) is 17.5 Å². The predicted octanol–water partition coefficient (Wildman–Crippen LogP) is 3.04. The predicted molar refractivity (Wildman–Crippen MR) is 121 cm³/mol. The number of amides is 1. The molecule has 1 aliphatic heterocycles. The summed E-state index contributed by atoms with van der Waals surface area (Å²) >= 11 is 0. The Morgan fingerprint density at radius 2 is 1.79 bits per heavy atom. The average Bonchev–Trinajstić information content (AvgIpc) is 3.10. The first-order valence-electron chi connectivity index (χ1n) is 10.5. The molecule has 3 aromatic rings. The lowest BCUT2D eigenvalue weighted by atomic mass is 10.2. The van der Waals surface area contributed by atoms with Gasteiger partial charge in [0.2, 0.25) is 21.8 Å². The number of pyridine rings is 1. The molecule has 33 heavy (non-hydrogen) atoms. The number of aryl methyl sites for hydroxylation is 1. The Morgan fingerprint density at radius 1 is 1.09 bits per heavy atom. The van der Waals surface area contributed by atoms with Crippen LogP contribution in [0.25, 0.3) is 0 Å². The first kappa shape index (κ1) is 22.7. The highest BCUT2D eigenvalue weighted by atomic mass is 32.2. The van der Waals surface area contributed by atoms with Gasteiger partial charge in [0.15, 0.2) is 5.82 Å². The number of aromatic nitrogens is 3. The number of carbonyl (C=O) groups is 1. The van der Waals surface area contributed by atoms with Crippen molar-refractivity contribution in [3.05, 3.63) is 54.2 Å². The zero-order valence-corrected chi connectivity index (χ0v) is 19.4. The first-order valence-corrected chi connectivity index (χ1v) is 11.9. The van der Waals surface area contributed by atoms with Crippen LogP contribution in [0, 0.1) is 0 Å². The van der Waals surface area contributed by atoms with Crippen LogP contribution >= 0.6 is 0 Å². The van der Waals surface area contributed by atoms with Gasteiger partial charge in [0, 0.05) is 44.5 Å². The lowest BCUT2D eigenvalue weighted by Gasteiger charge is -2.29. The van der Waals surface area contributed by atoms with Crippen LogP contribution in [0.3, 0.4) is 0 Å². The molecule has 1 saturated heterocycles. The van der Waals surface area contributed by atoms with E-state index in [9.17, 15) is 13.2 Å². The number of nitrogens with zero attached hydrogens (tertiary/aromatic N) is 4. The molecule has 1 N–H and O–H groups in total. The van der Waals surface area contributed by atoms with Crippen molar-refractivity contribution in [1.82, 2.24) is 19.1 Å². The molecular formula is C22H25N5O5S. The maximum Gasteiger partial charge on any atom is 0.257 e. The molecule has 0 atom stereocenters. The van der Waals surface area contributed by atoms with Gasteiger partial charge >= 0.3 is 0 Å². The van der Waals surface area contributed by atoms with Crippen LogP contribution in [0.1, 0.15) is 30.6 Å². The average molecular weight is 472 g/mol. The summed E-state index contributed by atoms with van der Waals surface area (Å²) in [6, 6.07) is 10.8. The minimum atomic E-state index is -3.48. The van der Waals surface area contributed by atoms with Crippen molar-refractivity contribution in [1.29, 1.82) is 0 Å². The van der Waals surface area contributed by atoms with Crippen LogP contribution in [0.5, 0.6) is 17.5 Å². The Bertz CT molecular complexity index is 1250. The molecule has 0 bridgehead atoms. The summed E-state index contributed by atoms with van der Waals surface area (Å²) in [5.74, 6) is 0.754. The Morgan fingerprint density at radius 3 is 2.36 bits per heavy atom. The number of hydrogen-bond acceptors (Lipinski definition) is 7. The summed E-state index contributed by atoms with van der Waals surface area (Å²) in [6.07, 6.45) is 2.43. The molecule has 0 spiro atoms. The Balaban J connectivity index is 1.56. The minimum Gasteiger partial charge on any atom is -0.475 e. The molecule has 10 nitrogen and oxygen atoms in total. The third kappa shape index (κ3) is 5.32. The summed E-state index contributed by atoms with van der Waals surface area (Å²) < 4.78 is 39.5. The highest BCUT2D eigenvalue weighted by Crippen LogP contribution is 2.27. The Hall–Kier alpha value is -3.44. The second-order valence-corrected chi connectivity index (χ2v) is 9.80. The van der Waals surface area contributed by atoms with E-state index in [1.165, 1.54) is 28.6 Å². The summed E-state index contributed by atoms with van der Waals surface area (Å²) in [6.45, 7) is 4.77. The topological polar surface area (TPSA) is 116 Å². The fourth-order valence-corrected chi connectivity index (χ4v) is 4.63. The summed E-state index contributed by atoms with van der Waals surface area (Å²) in [5, 5.41) is 6.86. The molecule has 0 aliphatic carbocycles. The summed E-state index contributed by atoms with van der Waals surface area (Å²) in [4.78, 5) is 17.3. The van der Waals surface area contributed by atoms with Crippen LogP contribution in [-0.2, 0) is 17.1 Å². The molecule has 11 heteroatoms. The van der Waals surface area contributed by atoms with Crippen LogP contribution in [0.4, 0.5) is 5.82 Å². The molecular weight excluding hydrogens is 446 g/mol. The van der Waals surface area contributed by atoms with Gasteiger partial charge in [0.05, 0.1) is 16.6 Å². The molecule has 3 heterocycles. The van der Waals surface area contributed by atoms with Gasteiger partial charge in [-0.3, -0.25) is 9.48 Å². The number of sulfonamides is 1. The van der Waals surface area contributed by atoms with Crippen LogP contribution in [-0.4, -0.2) is 52.6 Å². The molecule has 0 unspecified atom stereocenters. The standard InChI is InChI=1S/C22H25N5O5S/c1-15(2)31-20-13-16(22(28)23-19-9-12-26(3)25-19)14-21(24-20)32-17-5-7-18(8-6-17)33(29,30)27-10-4-11-27/h5-9,12-15H,4,10-11H2,1-3H3,(H,23,25,28). The lowest BCUT2D eigenvalue weighted by Crippen LogP contribution is -2.41. The van der Waals surface area contributed by atoms with Gasteiger partial charge in [-0.25, -0.2) is 8.42 Å². The van der Waals surface area contributed by atoms with Gasteiger partial charge < -0.3 is 14.8 Å². The van der Waals surface area contributed by atoms with Crippen molar-refractivity contribution in [2.24, 2.45) is 7.05 Å². The van der Waals surface area contributed by atoms with E-state index in [2.05, 4.69) is 15.4 Å². The zero-order chi connectivity index (χ0) is 23.6. The van der Waals surface area contributed by atoms with Crippen LogP contribution in [0.15, 0.2) is 53.6 Å². The second kappa shape index (κ2) is 9.20. The molecule has 2 aromatic heterocycles. The normalized spacial score (nSPS) is 14.1. The maximum atomic E-state index is 12.7. The quantitative estimate of drug-likeness (QED) is 0.537. The summed E-state index contributed by atoms with van der Waals surface area (Å²) in [5.41, 5.74) is 0.276. The van der Waals surface area contributed by atoms with Gasteiger partial charge in [0.25, 0.3) is 5.91 Å². The van der Waals surface area contributed by atoms with Crippen molar-refractivity contribution >= 4 is 21.7 Å². The first-order chi connectivity index (χ1) is 15.7. The van der Waals surface area contributed by atoms with E-state index >= 15 is 0 Å². The van der Waals surface area contributed by atoms with Crippen molar-refractivity contribution < 1.29 is 22.7 Å². The van der Waals surface area contributed by atoms with Gasteiger partial charge in [-0.2, -0.15) is 14.4 Å². The van der Waals surface area contributed by atoms with Crippen molar-refractivity contribution in [2.45, 2.75) is 31.3 Å². The molecule has 1 fully saturated rings. The molecule has 174 valence electrons. The molecule has 1 amide bonds. The van der Waals surface area contributed by atoms with E-state index in [-0.39, 0.29) is 28.3 Å². The Labute approximate surface area is 192 Å². The van der Waals surface area contributed by atoms with Crippen molar-refractivity contribution in [2.75, 3.05) is 18.4 Å². The number of benzene rings is 1. The van der Waals surface area contributed by atoms with E-state index in [0.717, 1.165) is 6.42 Å². The second-order valence-electron chi connectivity index (χ2n) is 7.86. The molecule has 4 rings (SSSR count). The van der Waals surface area contributed by atoms with Crippen LogP contribution < -0.4 is 14.8 Å². The zero-order valence-electron chi connectivity index (χ0n) is 18.6. The number of ether oxygens (including phenoxy) is 2. The van der Waals surface area contributed by atoms with Crippen LogP contribution in [0.2, 0.25) is 0 Å². The highest BCUT2D eigenvalue weighted by Gasteiger charge is 2.29. The third-order valence-electron chi connectivity index (χ3n) is 4.85. The van der Waals surface area contributed by atoms with Gasteiger partial charge in [-0.15, -0.1) is 0 Å². The molecule has 0 saturated carbocycles. The number of anilines is 1. The molecule has 0 radical (unpaired) electrons. The summed E-state index contributed by atoms with van der Waals surface area (Å²) in [7, 11) is -1.72. The van der Waals surface area contributed by atoms with Gasteiger partial charge in [0.1, 0.15) is 5.75 Å². The van der Waals surface area contributed by atoms with Crippen molar-refractivity contribution in [3.63, 3.8) is 0 Å². The maximum absolute atomic E-state index is 12.7. The van der Waals surface area contributed by atoms with Gasteiger partial charge in [-0.05, 0) is 44.5 Å². The van der Waals surface area contributed by atoms with E-state index in [4.69, 9.17) is 9.47 Å². The largest absolute Gasteiger partial charge is 0.475 e. The fraction of sp³-hybridized carbons (Fsp3) is 0.318. The number of carbonyl (C=O) groups excluding carboxylic acids is 1. The van der Waals surface area contributed by atoms with E-state index in [1.807, 2.05) is 13.8 Å². The highest BCUT2D eigenvalue weighted by molar-refractivity contribution is 7.89. The lowest BCUT2D eigenvalue weighted by molar-refractivity contribution is 0.102. The monoisotopic (exact) mass is 471 g/mol. The molecule has 1 aromatic carbocycles. The van der Waals surface area contributed by atoms with E-state index < -0.39 is 15.9 Å². The van der Waals surface area contributed by atoms with Gasteiger partial charge in [-0.1, -0.05) is 0 Å². The smallest absolute Gasteiger partial charge is 0.257 e. The minimum absolute atomic E-state index is 0.137. The number of rotatable bonds is 8. The third-order valence-corrected chi connectivity index (χ3v) is 6.76.